The lowest BCUT2D eigenvalue weighted by Crippen LogP contribution is -2.46. The molecule has 0 fully saturated rings. The number of ketones is 1. The first kappa shape index (κ1) is 29.7. The number of ether oxygens (including phenoxy) is 1. The van der Waals surface area contributed by atoms with Crippen molar-refractivity contribution in [3.8, 4) is 11.4 Å². The van der Waals surface area contributed by atoms with Crippen molar-refractivity contribution in [1.82, 2.24) is 35.0 Å². The zero-order valence-electron chi connectivity index (χ0n) is 23.7. The Hall–Kier alpha value is -5.27. The summed E-state index contributed by atoms with van der Waals surface area (Å²) in [4.78, 5) is 64.4. The Morgan fingerprint density at radius 3 is 2.43 bits per heavy atom. The molecule has 0 aliphatic carbocycles. The Bertz CT molecular complexity index is 1630. The van der Waals surface area contributed by atoms with Crippen LogP contribution in [-0.4, -0.2) is 60.7 Å². The molecule has 1 atom stereocenters. The Kier molecular flexibility index (Phi) is 8.84. The summed E-state index contributed by atoms with van der Waals surface area (Å²) in [5.74, 6) is -1.57. The summed E-state index contributed by atoms with van der Waals surface area (Å²) in [6.07, 6.45) is 4.96. The van der Waals surface area contributed by atoms with Crippen molar-refractivity contribution in [2.45, 2.75) is 45.7 Å². The third-order valence-corrected chi connectivity index (χ3v) is 6.44. The fraction of sp³-hybridized carbons (Fsp3) is 0.321. The van der Waals surface area contributed by atoms with Crippen molar-refractivity contribution in [3.05, 3.63) is 82.9 Å². The third-order valence-electron chi connectivity index (χ3n) is 6.44. The predicted molar refractivity (Wildman–Crippen MR) is 150 cm³/mol. The maximum atomic E-state index is 13.4. The predicted octanol–water partition coefficient (Wildman–Crippen LogP) is 2.61. The number of amides is 2. The maximum Gasteiger partial charge on any atom is 0.411 e. The summed E-state index contributed by atoms with van der Waals surface area (Å²) in [6.45, 7) is 6.60. The van der Waals surface area contributed by atoms with Gasteiger partial charge < -0.3 is 14.5 Å². The molecule has 42 heavy (non-hydrogen) atoms. The number of hydrogen-bond donors (Lipinski definition) is 2. The lowest BCUT2D eigenvalue weighted by molar-refractivity contribution is -0.122. The van der Waals surface area contributed by atoms with Gasteiger partial charge in [0.15, 0.2) is 0 Å². The molecule has 218 valence electrons. The second kappa shape index (κ2) is 12.5. The second-order valence-electron chi connectivity index (χ2n) is 10.2. The molecule has 0 spiro atoms. The first-order chi connectivity index (χ1) is 20.0. The summed E-state index contributed by atoms with van der Waals surface area (Å²) in [5.41, 5.74) is -0.576. The molecular weight excluding hydrogens is 544 g/mol. The molecule has 2 amide bonds. The number of anilines is 1. The molecule has 0 unspecified atom stereocenters. The summed E-state index contributed by atoms with van der Waals surface area (Å²) in [7, 11) is 1.15. The maximum absolute atomic E-state index is 13.4. The van der Waals surface area contributed by atoms with Crippen LogP contribution in [0.1, 0.15) is 50.0 Å². The normalized spacial score (nSPS) is 12.0. The Morgan fingerprint density at radius 2 is 1.79 bits per heavy atom. The number of nitrogens with zero attached hydrogens (tertiary/aromatic N) is 6. The molecule has 0 bridgehead atoms. The van der Waals surface area contributed by atoms with E-state index in [1.807, 2.05) is 0 Å². The van der Waals surface area contributed by atoms with Crippen LogP contribution >= 0.6 is 0 Å². The van der Waals surface area contributed by atoms with Crippen molar-refractivity contribution in [2.24, 2.45) is 5.92 Å². The lowest BCUT2D eigenvalue weighted by Gasteiger charge is -2.21. The SMILES string of the molecule is COC(=O)Nc1cnc(-c2ccccc2)n(CC(=O)N[C@@H](C(=O)c2nnc(C(C)(C)c3cnccn3)o2)C(C)C)c1=O. The van der Waals surface area contributed by atoms with E-state index in [0.717, 1.165) is 11.7 Å². The molecule has 0 aliphatic rings. The first-order valence-electron chi connectivity index (χ1n) is 13.0. The zero-order valence-corrected chi connectivity index (χ0v) is 23.7. The second-order valence-corrected chi connectivity index (χ2v) is 10.2. The van der Waals surface area contributed by atoms with Crippen LogP contribution in [0.25, 0.3) is 11.4 Å². The largest absolute Gasteiger partial charge is 0.453 e. The van der Waals surface area contributed by atoms with E-state index in [4.69, 9.17) is 4.42 Å². The van der Waals surface area contributed by atoms with Gasteiger partial charge in [-0.05, 0) is 19.8 Å². The van der Waals surface area contributed by atoms with Crippen LogP contribution in [0.4, 0.5) is 10.5 Å². The number of rotatable bonds is 10. The number of hydrogen-bond acceptors (Lipinski definition) is 11. The van der Waals surface area contributed by atoms with Crippen LogP contribution in [0.2, 0.25) is 0 Å². The topological polar surface area (TPSA) is 184 Å². The molecule has 2 N–H and O–H groups in total. The number of nitrogens with one attached hydrogen (secondary N) is 2. The molecule has 0 saturated carbocycles. The number of Topliss-reactive ketones (excluding diaryl/α,β-unsaturated/α-hetero) is 1. The minimum Gasteiger partial charge on any atom is -0.453 e. The average Bonchev–Trinajstić information content (AvgIpc) is 3.50. The minimum absolute atomic E-state index is 0.153. The van der Waals surface area contributed by atoms with E-state index in [-0.39, 0.29) is 29.2 Å². The number of carbonyl (C=O) groups is 3. The van der Waals surface area contributed by atoms with E-state index in [1.165, 1.54) is 18.6 Å². The first-order valence-corrected chi connectivity index (χ1v) is 13.0. The van der Waals surface area contributed by atoms with Crippen LogP contribution in [0, 0.1) is 5.92 Å². The van der Waals surface area contributed by atoms with Gasteiger partial charge in [-0.2, -0.15) is 0 Å². The molecule has 0 saturated heterocycles. The van der Waals surface area contributed by atoms with Gasteiger partial charge in [0.25, 0.3) is 11.4 Å². The summed E-state index contributed by atoms with van der Waals surface area (Å²) < 4.78 is 11.4. The highest BCUT2D eigenvalue weighted by Crippen LogP contribution is 2.28. The molecule has 3 aromatic heterocycles. The van der Waals surface area contributed by atoms with Gasteiger partial charge in [-0.3, -0.25) is 34.2 Å². The summed E-state index contributed by atoms with van der Waals surface area (Å²) >= 11 is 0. The number of carbonyl (C=O) groups excluding carboxylic acids is 3. The van der Waals surface area contributed by atoms with Crippen LogP contribution in [0.3, 0.4) is 0 Å². The van der Waals surface area contributed by atoms with Crippen LogP contribution in [-0.2, 0) is 21.5 Å². The molecule has 14 nitrogen and oxygen atoms in total. The Balaban J connectivity index is 1.60. The standard InChI is InChI=1S/C28H30N8O6/c1-16(2)21(22(38)24-34-35-26(42-24)28(3,4)19-14-29-11-12-30-19)33-20(37)15-36-23(17-9-7-6-8-10-17)31-13-18(25(36)39)32-27(40)41-5/h6-14,16,21H,15H2,1-5H3,(H,32,40)(H,33,37)/t21-/m1/s1. The van der Waals surface area contributed by atoms with Crippen molar-refractivity contribution in [2.75, 3.05) is 12.4 Å². The average molecular weight is 575 g/mol. The van der Waals surface area contributed by atoms with Gasteiger partial charge in [-0.1, -0.05) is 44.2 Å². The van der Waals surface area contributed by atoms with E-state index < -0.39 is 41.3 Å². The fourth-order valence-corrected chi connectivity index (χ4v) is 4.04. The highest BCUT2D eigenvalue weighted by Gasteiger charge is 2.35. The minimum atomic E-state index is -1.05. The highest BCUT2D eigenvalue weighted by molar-refractivity contribution is 5.98. The quantitative estimate of drug-likeness (QED) is 0.265. The van der Waals surface area contributed by atoms with Gasteiger partial charge >= 0.3 is 6.09 Å². The molecule has 4 aromatic rings. The molecular formula is C28H30N8O6. The van der Waals surface area contributed by atoms with Gasteiger partial charge in [0.05, 0.1) is 30.5 Å². The van der Waals surface area contributed by atoms with Crippen molar-refractivity contribution in [3.63, 3.8) is 0 Å². The van der Waals surface area contributed by atoms with Gasteiger partial charge in [0.2, 0.25) is 17.6 Å². The van der Waals surface area contributed by atoms with Crippen LogP contribution in [0.5, 0.6) is 0 Å². The molecule has 4 rings (SSSR count). The zero-order chi connectivity index (χ0) is 30.4. The van der Waals surface area contributed by atoms with Crippen LogP contribution in [0.15, 0.2) is 64.3 Å². The molecule has 1 aromatic carbocycles. The third kappa shape index (κ3) is 6.37. The Morgan fingerprint density at radius 1 is 1.05 bits per heavy atom. The summed E-state index contributed by atoms with van der Waals surface area (Å²) in [6, 6.07) is 7.70. The smallest absolute Gasteiger partial charge is 0.411 e. The van der Waals surface area contributed by atoms with E-state index in [1.54, 1.807) is 64.2 Å². The van der Waals surface area contributed by atoms with Gasteiger partial charge in [0.1, 0.15) is 18.1 Å². The monoisotopic (exact) mass is 574 g/mol. The number of aromatic nitrogens is 6. The van der Waals surface area contributed by atoms with Crippen molar-refractivity contribution < 1.29 is 23.5 Å². The van der Waals surface area contributed by atoms with Crippen molar-refractivity contribution in [1.29, 1.82) is 0 Å². The highest BCUT2D eigenvalue weighted by atomic mass is 16.5. The van der Waals surface area contributed by atoms with E-state index in [9.17, 15) is 19.2 Å². The van der Waals surface area contributed by atoms with E-state index in [2.05, 4.69) is 40.5 Å². The van der Waals surface area contributed by atoms with E-state index >= 15 is 0 Å². The Labute approximate surface area is 240 Å². The molecule has 14 heteroatoms. The fourth-order valence-electron chi connectivity index (χ4n) is 4.04. The number of methoxy groups -OCH3 is 1. The number of benzene rings is 1. The van der Waals surface area contributed by atoms with Crippen molar-refractivity contribution >= 4 is 23.5 Å². The lowest BCUT2D eigenvalue weighted by atomic mass is 9.89. The summed E-state index contributed by atoms with van der Waals surface area (Å²) in [5, 5.41) is 13.0. The van der Waals surface area contributed by atoms with Crippen LogP contribution < -0.4 is 16.2 Å². The molecule has 3 heterocycles. The van der Waals surface area contributed by atoms with E-state index in [0.29, 0.717) is 11.3 Å². The molecule has 0 radical (unpaired) electrons. The van der Waals surface area contributed by atoms with Gasteiger partial charge in [0, 0.05) is 24.2 Å². The van der Waals surface area contributed by atoms with Gasteiger partial charge in [-0.15, -0.1) is 10.2 Å². The van der Waals surface area contributed by atoms with Gasteiger partial charge in [-0.25, -0.2) is 9.78 Å². The molecule has 0 aliphatic heterocycles.